The van der Waals surface area contributed by atoms with Crippen molar-refractivity contribution in [2.75, 3.05) is 31.6 Å². The van der Waals surface area contributed by atoms with Crippen molar-refractivity contribution >= 4 is 5.69 Å². The molecule has 0 radical (unpaired) electrons. The highest BCUT2D eigenvalue weighted by molar-refractivity contribution is 5.54. The number of benzene rings is 1. The normalized spacial score (nSPS) is 21.3. The molecule has 1 aromatic rings. The molecule has 1 saturated heterocycles. The van der Waals surface area contributed by atoms with E-state index in [-0.39, 0.29) is 5.82 Å². The van der Waals surface area contributed by atoms with Crippen LogP contribution in [0, 0.1) is 5.82 Å². The Hall–Kier alpha value is -1.13. The van der Waals surface area contributed by atoms with Gasteiger partial charge in [0.05, 0.1) is 0 Å². The van der Waals surface area contributed by atoms with Crippen LogP contribution in [-0.4, -0.2) is 37.6 Å². The van der Waals surface area contributed by atoms with Crippen LogP contribution in [0.15, 0.2) is 18.2 Å². The van der Waals surface area contributed by atoms with Gasteiger partial charge in [0.2, 0.25) is 0 Å². The molecule has 4 heteroatoms. The Balaban J connectivity index is 2.21. The maximum Gasteiger partial charge on any atom is 0.123 e. The van der Waals surface area contributed by atoms with E-state index in [0.717, 1.165) is 37.3 Å². The Morgan fingerprint density at radius 3 is 2.83 bits per heavy atom. The van der Waals surface area contributed by atoms with E-state index in [1.165, 1.54) is 6.07 Å². The van der Waals surface area contributed by atoms with Crippen molar-refractivity contribution in [3.05, 3.63) is 29.6 Å². The Morgan fingerprint density at radius 2 is 2.17 bits per heavy atom. The Bertz CT molecular complexity index is 408. The van der Waals surface area contributed by atoms with Gasteiger partial charge in [-0.3, -0.25) is 4.90 Å². The summed E-state index contributed by atoms with van der Waals surface area (Å²) < 4.78 is 13.2. The fraction of sp³-hybridized carbons (Fsp3) is 0.571. The fourth-order valence-corrected chi connectivity index (χ4v) is 2.63. The molecule has 0 aliphatic carbocycles. The Labute approximate surface area is 108 Å². The molecule has 3 nitrogen and oxygen atoms in total. The van der Waals surface area contributed by atoms with Gasteiger partial charge in [-0.2, -0.15) is 0 Å². The van der Waals surface area contributed by atoms with Crippen molar-refractivity contribution in [2.45, 2.75) is 25.9 Å². The zero-order chi connectivity index (χ0) is 13.1. The van der Waals surface area contributed by atoms with E-state index in [1.807, 2.05) is 6.07 Å². The van der Waals surface area contributed by atoms with Crippen LogP contribution >= 0.6 is 0 Å². The van der Waals surface area contributed by atoms with Gasteiger partial charge in [0.1, 0.15) is 5.82 Å². The molecule has 1 unspecified atom stereocenters. The maximum absolute atomic E-state index is 13.2. The Morgan fingerprint density at radius 1 is 1.39 bits per heavy atom. The molecule has 1 heterocycles. The van der Waals surface area contributed by atoms with E-state index in [0.29, 0.717) is 12.6 Å². The number of anilines is 1. The zero-order valence-corrected chi connectivity index (χ0v) is 11.2. The number of nitrogens with zero attached hydrogens (tertiary/aromatic N) is 2. The second kappa shape index (κ2) is 5.67. The minimum Gasteiger partial charge on any atom is -0.368 e. The third-order valence-electron chi connectivity index (χ3n) is 3.85. The average molecular weight is 251 g/mol. The highest BCUT2D eigenvalue weighted by Crippen LogP contribution is 2.24. The van der Waals surface area contributed by atoms with Crippen molar-refractivity contribution in [2.24, 2.45) is 5.73 Å². The summed E-state index contributed by atoms with van der Waals surface area (Å²) >= 11 is 0. The molecule has 0 saturated carbocycles. The van der Waals surface area contributed by atoms with Crippen LogP contribution < -0.4 is 10.6 Å². The van der Waals surface area contributed by atoms with Crippen LogP contribution in [0.5, 0.6) is 0 Å². The minimum absolute atomic E-state index is 0.208. The molecule has 1 aliphatic heterocycles. The zero-order valence-electron chi connectivity index (χ0n) is 11.2. The van der Waals surface area contributed by atoms with Crippen molar-refractivity contribution in [1.29, 1.82) is 0 Å². The van der Waals surface area contributed by atoms with Gasteiger partial charge in [-0.05, 0) is 37.2 Å². The van der Waals surface area contributed by atoms with Gasteiger partial charge in [0.15, 0.2) is 0 Å². The second-order valence-corrected chi connectivity index (χ2v) is 4.97. The summed E-state index contributed by atoms with van der Waals surface area (Å²) in [6, 6.07) is 5.49. The predicted octanol–water partition coefficient (Wildman–Crippen LogP) is 1.81. The number of hydrogen-bond acceptors (Lipinski definition) is 3. The second-order valence-electron chi connectivity index (χ2n) is 4.97. The number of hydrogen-bond donors (Lipinski definition) is 1. The molecule has 1 aliphatic rings. The highest BCUT2D eigenvalue weighted by atomic mass is 19.1. The summed E-state index contributed by atoms with van der Waals surface area (Å²) in [6.07, 6.45) is 1.13. The molecule has 2 rings (SSSR count). The van der Waals surface area contributed by atoms with Crippen LogP contribution in [0.3, 0.4) is 0 Å². The first-order valence-electron chi connectivity index (χ1n) is 6.59. The van der Waals surface area contributed by atoms with Crippen LogP contribution in [0.25, 0.3) is 0 Å². The first-order valence-corrected chi connectivity index (χ1v) is 6.59. The third kappa shape index (κ3) is 2.65. The summed E-state index contributed by atoms with van der Waals surface area (Å²) in [7, 11) is 2.17. The molecule has 0 aromatic heterocycles. The largest absolute Gasteiger partial charge is 0.368 e. The van der Waals surface area contributed by atoms with E-state index in [4.69, 9.17) is 5.73 Å². The van der Waals surface area contributed by atoms with Crippen LogP contribution in [-0.2, 0) is 6.54 Å². The van der Waals surface area contributed by atoms with Crippen molar-refractivity contribution < 1.29 is 4.39 Å². The molecule has 1 aromatic carbocycles. The predicted molar refractivity (Wildman–Crippen MR) is 73.2 cm³/mol. The molecule has 18 heavy (non-hydrogen) atoms. The van der Waals surface area contributed by atoms with Gasteiger partial charge in [0, 0.05) is 37.9 Å². The SMILES string of the molecule is CCC1CN(c2ccc(F)cc2CN)CCN1C. The lowest BCUT2D eigenvalue weighted by Crippen LogP contribution is -2.51. The van der Waals surface area contributed by atoms with E-state index in [9.17, 15) is 4.39 Å². The molecule has 100 valence electrons. The van der Waals surface area contributed by atoms with Gasteiger partial charge >= 0.3 is 0 Å². The first kappa shape index (κ1) is 13.3. The Kier molecular flexibility index (Phi) is 4.19. The van der Waals surface area contributed by atoms with Gasteiger partial charge in [0.25, 0.3) is 0 Å². The quantitative estimate of drug-likeness (QED) is 0.889. The maximum atomic E-state index is 13.2. The molecule has 0 bridgehead atoms. The van der Waals surface area contributed by atoms with Gasteiger partial charge < -0.3 is 10.6 Å². The standard InChI is InChI=1S/C14H22FN3/c1-3-13-10-18(7-6-17(13)2)14-5-4-12(15)8-11(14)9-16/h4-5,8,13H,3,6-7,9-10,16H2,1-2H3. The van der Waals surface area contributed by atoms with Crippen LogP contribution in [0.2, 0.25) is 0 Å². The first-order chi connectivity index (χ1) is 8.65. The molecule has 2 N–H and O–H groups in total. The molecule has 1 fully saturated rings. The highest BCUT2D eigenvalue weighted by Gasteiger charge is 2.24. The van der Waals surface area contributed by atoms with Crippen molar-refractivity contribution in [1.82, 2.24) is 4.90 Å². The molecule has 1 atom stereocenters. The van der Waals surface area contributed by atoms with Crippen molar-refractivity contribution in [3.63, 3.8) is 0 Å². The topological polar surface area (TPSA) is 32.5 Å². The molecule has 0 amide bonds. The van der Waals surface area contributed by atoms with Crippen LogP contribution in [0.1, 0.15) is 18.9 Å². The van der Waals surface area contributed by atoms with Gasteiger partial charge in [-0.15, -0.1) is 0 Å². The van der Waals surface area contributed by atoms with E-state index in [1.54, 1.807) is 6.07 Å². The smallest absolute Gasteiger partial charge is 0.123 e. The number of rotatable bonds is 3. The molecule has 0 spiro atoms. The monoisotopic (exact) mass is 251 g/mol. The summed E-state index contributed by atoms with van der Waals surface area (Å²) in [4.78, 5) is 4.72. The van der Waals surface area contributed by atoms with Gasteiger partial charge in [-0.1, -0.05) is 6.92 Å². The van der Waals surface area contributed by atoms with E-state index < -0.39 is 0 Å². The van der Waals surface area contributed by atoms with Crippen molar-refractivity contribution in [3.8, 4) is 0 Å². The summed E-state index contributed by atoms with van der Waals surface area (Å²) in [5.41, 5.74) is 7.70. The summed E-state index contributed by atoms with van der Waals surface area (Å²) in [5.74, 6) is -0.208. The lowest BCUT2D eigenvalue weighted by atomic mass is 10.1. The lowest BCUT2D eigenvalue weighted by molar-refractivity contribution is 0.213. The third-order valence-corrected chi connectivity index (χ3v) is 3.85. The summed E-state index contributed by atoms with van der Waals surface area (Å²) in [6.45, 7) is 5.60. The minimum atomic E-state index is -0.208. The van der Waals surface area contributed by atoms with E-state index >= 15 is 0 Å². The lowest BCUT2D eigenvalue weighted by Gasteiger charge is -2.41. The number of halogens is 1. The van der Waals surface area contributed by atoms with E-state index in [2.05, 4.69) is 23.8 Å². The average Bonchev–Trinajstić information content (AvgIpc) is 2.39. The number of likely N-dealkylation sites (N-methyl/N-ethyl adjacent to an activating group) is 1. The van der Waals surface area contributed by atoms with Gasteiger partial charge in [-0.25, -0.2) is 4.39 Å². The number of nitrogens with two attached hydrogens (primary N) is 1. The molecular weight excluding hydrogens is 229 g/mol. The number of piperazine rings is 1. The van der Waals surface area contributed by atoms with Crippen LogP contribution in [0.4, 0.5) is 10.1 Å². The summed E-state index contributed by atoms with van der Waals surface area (Å²) in [5, 5.41) is 0. The fourth-order valence-electron chi connectivity index (χ4n) is 2.63. The molecular formula is C14H22FN3.